The van der Waals surface area contributed by atoms with Crippen molar-refractivity contribution in [3.8, 4) is 0 Å². The van der Waals surface area contributed by atoms with Gasteiger partial charge in [0.25, 0.3) is 0 Å². The summed E-state index contributed by atoms with van der Waals surface area (Å²) in [5.41, 5.74) is -1.94. The van der Waals surface area contributed by atoms with Crippen molar-refractivity contribution in [1.82, 2.24) is 0 Å². The Kier molecular flexibility index (Phi) is 19.4. The van der Waals surface area contributed by atoms with E-state index >= 15 is 0 Å². The maximum absolute atomic E-state index is 11.6. The summed E-state index contributed by atoms with van der Waals surface area (Å²) in [5.74, 6) is -0.458. The molecule has 0 amide bonds. The van der Waals surface area contributed by atoms with Crippen LogP contribution in [0.5, 0.6) is 0 Å². The van der Waals surface area contributed by atoms with Gasteiger partial charge in [-0.3, -0.25) is 4.79 Å². The molecule has 0 heterocycles. The highest BCUT2D eigenvalue weighted by atomic mass is 16.4. The van der Waals surface area contributed by atoms with E-state index in [9.17, 15) is 9.90 Å². The highest BCUT2D eigenvalue weighted by molar-refractivity contribution is 5.87. The van der Waals surface area contributed by atoms with E-state index in [0.29, 0.717) is 0 Å². The van der Waals surface area contributed by atoms with E-state index in [0.717, 1.165) is 19.3 Å². The van der Waals surface area contributed by atoms with Crippen LogP contribution in [0.25, 0.3) is 0 Å². The molecule has 0 bridgehead atoms. The van der Waals surface area contributed by atoms with Gasteiger partial charge in [-0.25, -0.2) is 0 Å². The number of hydrogen-bond acceptors (Lipinski definition) is 7. The fourth-order valence-electron chi connectivity index (χ4n) is 2.11. The number of aliphatic hydroxyl groups excluding tert-OH is 5. The second-order valence-corrected chi connectivity index (χ2v) is 6.37. The lowest BCUT2D eigenvalue weighted by Gasteiger charge is -2.21. The maximum atomic E-state index is 11.6. The van der Waals surface area contributed by atoms with Gasteiger partial charge in [0, 0.05) is 6.42 Å². The van der Waals surface area contributed by atoms with E-state index in [1.54, 1.807) is 0 Å². The first kappa shape index (κ1) is 26.7. The Bertz CT molecular complexity index is 289. The van der Waals surface area contributed by atoms with Gasteiger partial charge >= 0.3 is 0 Å². The Labute approximate surface area is 151 Å². The number of carbonyl (C=O) groups is 1. The largest absolute Gasteiger partial charge is 0.394 e. The number of unbranched alkanes of at least 4 members (excludes halogenated alkanes) is 8. The molecule has 0 aromatic rings. The first-order valence-corrected chi connectivity index (χ1v) is 9.29. The SMILES string of the molecule is CCCCCCCCCCCC(=O)C(O)(CO)CO.OCC(O)CO. The van der Waals surface area contributed by atoms with Crippen LogP contribution < -0.4 is 0 Å². The van der Waals surface area contributed by atoms with Crippen molar-refractivity contribution >= 4 is 5.78 Å². The molecule has 0 aliphatic heterocycles. The van der Waals surface area contributed by atoms with Crippen molar-refractivity contribution < 1.29 is 35.4 Å². The second kappa shape index (κ2) is 18.2. The number of carbonyl (C=O) groups excluding carboxylic acids is 1. The minimum atomic E-state index is -1.94. The Hall–Kier alpha value is -0.570. The predicted octanol–water partition coefficient (Wildman–Crippen LogP) is 0.524. The predicted molar refractivity (Wildman–Crippen MR) is 96.2 cm³/mol. The summed E-state index contributed by atoms with van der Waals surface area (Å²) in [7, 11) is 0. The third-order valence-electron chi connectivity index (χ3n) is 3.97. The van der Waals surface area contributed by atoms with Gasteiger partial charge in [-0.15, -0.1) is 0 Å². The molecule has 7 heteroatoms. The summed E-state index contributed by atoms with van der Waals surface area (Å²) >= 11 is 0. The van der Waals surface area contributed by atoms with Crippen LogP contribution in [0.2, 0.25) is 0 Å². The second-order valence-electron chi connectivity index (χ2n) is 6.37. The van der Waals surface area contributed by atoms with Crippen LogP contribution in [0.15, 0.2) is 0 Å². The molecule has 6 N–H and O–H groups in total. The van der Waals surface area contributed by atoms with E-state index in [2.05, 4.69) is 6.92 Å². The summed E-state index contributed by atoms with van der Waals surface area (Å²) in [6.07, 6.45) is 9.71. The highest BCUT2D eigenvalue weighted by Gasteiger charge is 2.33. The fourth-order valence-corrected chi connectivity index (χ4v) is 2.11. The van der Waals surface area contributed by atoms with Crippen LogP contribution in [0.1, 0.15) is 71.1 Å². The van der Waals surface area contributed by atoms with Gasteiger partial charge in [-0.05, 0) is 6.42 Å². The van der Waals surface area contributed by atoms with Crippen molar-refractivity contribution in [2.75, 3.05) is 26.4 Å². The van der Waals surface area contributed by atoms with Crippen LogP contribution in [0.4, 0.5) is 0 Å². The summed E-state index contributed by atoms with van der Waals surface area (Å²) < 4.78 is 0. The number of ketones is 1. The molecule has 152 valence electrons. The molecular weight excluding hydrogens is 328 g/mol. The van der Waals surface area contributed by atoms with Crippen molar-refractivity contribution in [2.24, 2.45) is 0 Å². The van der Waals surface area contributed by atoms with Gasteiger partial charge < -0.3 is 30.6 Å². The van der Waals surface area contributed by atoms with Gasteiger partial charge in [0.2, 0.25) is 0 Å². The summed E-state index contributed by atoms with van der Waals surface area (Å²) in [6, 6.07) is 0. The van der Waals surface area contributed by atoms with Crippen LogP contribution in [-0.2, 0) is 4.79 Å². The smallest absolute Gasteiger partial charge is 0.169 e. The van der Waals surface area contributed by atoms with Crippen molar-refractivity contribution in [2.45, 2.75) is 82.8 Å². The molecule has 0 aliphatic carbocycles. The third-order valence-corrected chi connectivity index (χ3v) is 3.97. The van der Waals surface area contributed by atoms with E-state index in [-0.39, 0.29) is 19.6 Å². The van der Waals surface area contributed by atoms with E-state index < -0.39 is 30.7 Å². The zero-order valence-electron chi connectivity index (χ0n) is 15.6. The quantitative estimate of drug-likeness (QED) is 0.232. The summed E-state index contributed by atoms with van der Waals surface area (Å²) in [5, 5.41) is 51.3. The standard InChI is InChI=1S/C15H30O4.C3H8O3/c1-2-3-4-5-6-7-8-9-10-11-14(18)15(19,12-16)13-17;4-1-3(6)2-5/h16-17,19H,2-13H2,1H3;3-6H,1-2H2. The first-order valence-electron chi connectivity index (χ1n) is 9.29. The van der Waals surface area contributed by atoms with E-state index in [1.807, 2.05) is 0 Å². The molecule has 0 radical (unpaired) electrons. The van der Waals surface area contributed by atoms with Gasteiger partial charge in [0.15, 0.2) is 11.4 Å². The molecule has 7 nitrogen and oxygen atoms in total. The molecule has 0 rings (SSSR count). The lowest BCUT2D eigenvalue weighted by molar-refractivity contribution is -0.146. The van der Waals surface area contributed by atoms with Crippen LogP contribution in [0, 0.1) is 0 Å². The number of rotatable bonds is 15. The minimum Gasteiger partial charge on any atom is -0.394 e. The Morgan fingerprint density at radius 1 is 0.800 bits per heavy atom. The van der Waals surface area contributed by atoms with Crippen molar-refractivity contribution in [3.05, 3.63) is 0 Å². The van der Waals surface area contributed by atoms with E-state index in [4.69, 9.17) is 25.5 Å². The Balaban J connectivity index is 0. The topological polar surface area (TPSA) is 138 Å². The van der Waals surface area contributed by atoms with Crippen LogP contribution >= 0.6 is 0 Å². The lowest BCUT2D eigenvalue weighted by atomic mass is 9.95. The normalized spacial score (nSPS) is 11.4. The summed E-state index contributed by atoms with van der Waals surface area (Å²) in [6.45, 7) is 0.0590. The number of Topliss-reactive ketones (excluding diaryl/α,β-unsaturated/α-hetero) is 1. The molecule has 0 fully saturated rings. The Morgan fingerprint density at radius 2 is 1.20 bits per heavy atom. The zero-order chi connectivity index (χ0) is 19.6. The number of hydrogen-bond donors (Lipinski definition) is 6. The molecule has 0 saturated heterocycles. The molecule has 25 heavy (non-hydrogen) atoms. The fraction of sp³-hybridized carbons (Fsp3) is 0.944. The monoisotopic (exact) mass is 366 g/mol. The molecule has 0 unspecified atom stereocenters. The van der Waals surface area contributed by atoms with Gasteiger partial charge in [-0.1, -0.05) is 58.3 Å². The molecule has 0 aliphatic rings. The van der Waals surface area contributed by atoms with Crippen molar-refractivity contribution in [1.29, 1.82) is 0 Å². The summed E-state index contributed by atoms with van der Waals surface area (Å²) in [4.78, 5) is 11.6. The highest BCUT2D eigenvalue weighted by Crippen LogP contribution is 2.13. The molecule has 0 saturated carbocycles. The van der Waals surface area contributed by atoms with Crippen LogP contribution in [-0.4, -0.2) is 74.6 Å². The third kappa shape index (κ3) is 15.4. The van der Waals surface area contributed by atoms with Gasteiger partial charge in [0.1, 0.15) is 6.10 Å². The molecule has 0 spiro atoms. The molecule has 0 aromatic carbocycles. The van der Waals surface area contributed by atoms with Crippen LogP contribution in [0.3, 0.4) is 0 Å². The van der Waals surface area contributed by atoms with E-state index in [1.165, 1.54) is 38.5 Å². The Morgan fingerprint density at radius 3 is 1.52 bits per heavy atom. The molecule has 0 aromatic heterocycles. The molecule has 0 atom stereocenters. The average molecular weight is 366 g/mol. The number of aliphatic hydroxyl groups is 6. The van der Waals surface area contributed by atoms with Gasteiger partial charge in [0.05, 0.1) is 26.4 Å². The average Bonchev–Trinajstić information content (AvgIpc) is 2.65. The minimum absolute atomic E-state index is 0.230. The van der Waals surface area contributed by atoms with Gasteiger partial charge in [-0.2, -0.15) is 0 Å². The maximum Gasteiger partial charge on any atom is 0.169 e. The first-order chi connectivity index (χ1) is 11.9. The zero-order valence-corrected chi connectivity index (χ0v) is 15.6. The lowest BCUT2D eigenvalue weighted by Crippen LogP contribution is -2.45. The molecular formula is C18H38O7. The van der Waals surface area contributed by atoms with Crippen molar-refractivity contribution in [3.63, 3.8) is 0 Å².